The number of pyridine rings is 1. The molecule has 5 heteroatoms. The van der Waals surface area contributed by atoms with Gasteiger partial charge in [0.1, 0.15) is 10.7 Å². The lowest BCUT2D eigenvalue weighted by Gasteiger charge is -2.06. The van der Waals surface area contributed by atoms with Gasteiger partial charge >= 0.3 is 0 Å². The van der Waals surface area contributed by atoms with Crippen molar-refractivity contribution in [3.05, 3.63) is 47.7 Å². The molecule has 0 atom stereocenters. The summed E-state index contributed by atoms with van der Waals surface area (Å²) in [7, 11) is 0. The minimum Gasteiger partial charge on any atom is -0.397 e. The zero-order chi connectivity index (χ0) is 13.1. The predicted octanol–water partition coefficient (Wildman–Crippen LogP) is 2.22. The van der Waals surface area contributed by atoms with Gasteiger partial charge < -0.3 is 11.5 Å². The van der Waals surface area contributed by atoms with Crippen LogP contribution in [0.4, 0.5) is 5.69 Å². The lowest BCUT2D eigenvalue weighted by molar-refractivity contribution is 0.0995. The van der Waals surface area contributed by atoms with E-state index >= 15 is 0 Å². The second-order valence-electron chi connectivity index (χ2n) is 3.87. The number of primary amides is 1. The fourth-order valence-electron chi connectivity index (χ4n) is 1.46. The zero-order valence-electron chi connectivity index (χ0n) is 9.88. The number of aromatic nitrogens is 1. The third kappa shape index (κ3) is 2.81. The van der Waals surface area contributed by atoms with Crippen LogP contribution in [0.2, 0.25) is 0 Å². The number of hydrogen-bond acceptors (Lipinski definition) is 4. The summed E-state index contributed by atoms with van der Waals surface area (Å²) in [5.41, 5.74) is 13.0. The van der Waals surface area contributed by atoms with Crippen LogP contribution in [0.3, 0.4) is 0 Å². The van der Waals surface area contributed by atoms with Crippen LogP contribution < -0.4 is 11.5 Å². The summed E-state index contributed by atoms with van der Waals surface area (Å²) in [4.78, 5) is 16.3. The first-order chi connectivity index (χ1) is 8.56. The van der Waals surface area contributed by atoms with E-state index in [0.29, 0.717) is 10.7 Å². The first kappa shape index (κ1) is 12.4. The van der Waals surface area contributed by atoms with E-state index in [2.05, 4.69) is 4.98 Å². The maximum Gasteiger partial charge on any atom is 0.267 e. The molecule has 0 radical (unpaired) electrons. The van der Waals surface area contributed by atoms with Crippen molar-refractivity contribution in [2.45, 2.75) is 16.8 Å². The molecule has 1 amide bonds. The Labute approximate surface area is 109 Å². The number of nitrogens with two attached hydrogens (primary N) is 2. The van der Waals surface area contributed by atoms with Crippen LogP contribution >= 0.6 is 11.8 Å². The lowest BCUT2D eigenvalue weighted by Crippen LogP contribution is -2.13. The van der Waals surface area contributed by atoms with Gasteiger partial charge in [-0.15, -0.1) is 0 Å². The molecule has 4 N–H and O–H groups in total. The normalized spacial score (nSPS) is 10.3. The van der Waals surface area contributed by atoms with Crippen molar-refractivity contribution >= 4 is 23.4 Å². The van der Waals surface area contributed by atoms with Crippen LogP contribution in [-0.4, -0.2) is 10.9 Å². The van der Waals surface area contributed by atoms with Crippen LogP contribution in [0.1, 0.15) is 16.1 Å². The molecule has 1 aromatic carbocycles. The van der Waals surface area contributed by atoms with Crippen molar-refractivity contribution in [2.75, 3.05) is 5.73 Å². The molecule has 92 valence electrons. The number of carbonyl (C=O) groups excluding carboxylic acids is 1. The molecule has 0 saturated carbocycles. The van der Waals surface area contributed by atoms with Gasteiger partial charge in [0.05, 0.1) is 5.69 Å². The summed E-state index contributed by atoms with van der Waals surface area (Å²) >= 11 is 1.42. The van der Waals surface area contributed by atoms with Crippen LogP contribution in [0.5, 0.6) is 0 Å². The Morgan fingerprint density at radius 1 is 1.28 bits per heavy atom. The highest BCUT2D eigenvalue weighted by molar-refractivity contribution is 7.99. The Morgan fingerprint density at radius 2 is 2.06 bits per heavy atom. The molecule has 0 aliphatic carbocycles. The summed E-state index contributed by atoms with van der Waals surface area (Å²) in [5, 5.41) is 0.594. The van der Waals surface area contributed by atoms with E-state index in [1.807, 2.05) is 31.2 Å². The molecule has 0 aliphatic rings. The molecule has 0 saturated heterocycles. The number of nitrogen functional groups attached to an aromatic ring is 1. The minimum atomic E-state index is -0.555. The highest BCUT2D eigenvalue weighted by atomic mass is 32.2. The quantitative estimate of drug-likeness (QED) is 0.885. The molecule has 0 aliphatic heterocycles. The Morgan fingerprint density at radius 3 is 2.72 bits per heavy atom. The average Bonchev–Trinajstić information content (AvgIpc) is 2.31. The van der Waals surface area contributed by atoms with Crippen molar-refractivity contribution in [2.24, 2.45) is 5.73 Å². The second-order valence-corrected chi connectivity index (χ2v) is 4.94. The molecule has 0 fully saturated rings. The lowest BCUT2D eigenvalue weighted by atomic mass is 10.2. The third-order valence-electron chi connectivity index (χ3n) is 2.35. The van der Waals surface area contributed by atoms with Gasteiger partial charge in [-0.05, 0) is 31.2 Å². The minimum absolute atomic E-state index is 0.222. The van der Waals surface area contributed by atoms with Gasteiger partial charge in [0.15, 0.2) is 0 Å². The Balaban J connectivity index is 2.33. The van der Waals surface area contributed by atoms with Crippen LogP contribution in [0.25, 0.3) is 0 Å². The first-order valence-corrected chi connectivity index (χ1v) is 6.19. The summed E-state index contributed by atoms with van der Waals surface area (Å²) in [6.45, 7) is 2.01. The Kier molecular flexibility index (Phi) is 3.53. The number of nitrogens with zero attached hydrogens (tertiary/aromatic N) is 1. The number of benzene rings is 1. The molecular weight excluding hydrogens is 246 g/mol. The van der Waals surface area contributed by atoms with Crippen molar-refractivity contribution in [1.29, 1.82) is 0 Å². The SMILES string of the molecule is Cc1cccc(Sc2nc(C(N)=O)ccc2N)c1. The molecule has 1 heterocycles. The van der Waals surface area contributed by atoms with Gasteiger partial charge in [-0.2, -0.15) is 0 Å². The zero-order valence-corrected chi connectivity index (χ0v) is 10.7. The van der Waals surface area contributed by atoms with Crippen molar-refractivity contribution in [1.82, 2.24) is 4.98 Å². The van der Waals surface area contributed by atoms with Crippen LogP contribution in [0.15, 0.2) is 46.3 Å². The van der Waals surface area contributed by atoms with Gasteiger partial charge in [-0.25, -0.2) is 4.98 Å². The van der Waals surface area contributed by atoms with Gasteiger partial charge in [-0.3, -0.25) is 4.79 Å². The topological polar surface area (TPSA) is 82.0 Å². The molecule has 2 rings (SSSR count). The van der Waals surface area contributed by atoms with Gasteiger partial charge in [0.2, 0.25) is 0 Å². The van der Waals surface area contributed by atoms with Gasteiger partial charge in [-0.1, -0.05) is 29.5 Å². The van der Waals surface area contributed by atoms with Crippen molar-refractivity contribution in [3.8, 4) is 0 Å². The predicted molar refractivity (Wildman–Crippen MR) is 72.5 cm³/mol. The van der Waals surface area contributed by atoms with E-state index in [1.54, 1.807) is 6.07 Å². The summed E-state index contributed by atoms with van der Waals surface area (Å²) in [5.74, 6) is -0.555. The average molecular weight is 259 g/mol. The van der Waals surface area contributed by atoms with Crippen molar-refractivity contribution in [3.63, 3.8) is 0 Å². The second kappa shape index (κ2) is 5.10. The maximum atomic E-state index is 11.1. The van der Waals surface area contributed by atoms with E-state index < -0.39 is 5.91 Å². The van der Waals surface area contributed by atoms with Crippen molar-refractivity contribution < 1.29 is 4.79 Å². The Hall–Kier alpha value is -2.01. The number of carbonyl (C=O) groups is 1. The molecule has 18 heavy (non-hydrogen) atoms. The van der Waals surface area contributed by atoms with Crippen LogP contribution in [-0.2, 0) is 0 Å². The van der Waals surface area contributed by atoms with Gasteiger partial charge in [0.25, 0.3) is 5.91 Å². The first-order valence-electron chi connectivity index (χ1n) is 5.37. The van der Waals surface area contributed by atoms with E-state index in [4.69, 9.17) is 11.5 Å². The van der Waals surface area contributed by atoms with E-state index in [0.717, 1.165) is 10.5 Å². The highest BCUT2D eigenvalue weighted by Crippen LogP contribution is 2.30. The third-order valence-corrected chi connectivity index (χ3v) is 3.36. The van der Waals surface area contributed by atoms with E-state index in [1.165, 1.54) is 17.8 Å². The van der Waals surface area contributed by atoms with Crippen LogP contribution in [0, 0.1) is 6.92 Å². The molecule has 0 unspecified atom stereocenters. The Bertz CT molecular complexity index is 599. The number of amides is 1. The molecule has 4 nitrogen and oxygen atoms in total. The molecular formula is C13H13N3OS. The summed E-state index contributed by atoms with van der Waals surface area (Å²) in [6.07, 6.45) is 0. The van der Waals surface area contributed by atoms with Gasteiger partial charge in [0, 0.05) is 4.90 Å². The highest BCUT2D eigenvalue weighted by Gasteiger charge is 2.08. The number of hydrogen-bond donors (Lipinski definition) is 2. The standard InChI is InChI=1S/C13H13N3OS/c1-8-3-2-4-9(7-8)18-13-10(14)5-6-11(16-13)12(15)17/h2-7H,14H2,1H3,(H2,15,17). The summed E-state index contributed by atoms with van der Waals surface area (Å²) in [6, 6.07) is 11.1. The monoisotopic (exact) mass is 259 g/mol. The number of anilines is 1. The maximum absolute atomic E-state index is 11.1. The smallest absolute Gasteiger partial charge is 0.267 e. The van der Waals surface area contributed by atoms with E-state index in [9.17, 15) is 4.79 Å². The molecule has 0 spiro atoms. The molecule has 2 aromatic rings. The largest absolute Gasteiger partial charge is 0.397 e. The number of rotatable bonds is 3. The molecule has 0 bridgehead atoms. The van der Waals surface area contributed by atoms with E-state index in [-0.39, 0.29) is 5.69 Å². The fraction of sp³-hybridized carbons (Fsp3) is 0.0769. The summed E-state index contributed by atoms with van der Waals surface area (Å²) < 4.78 is 0. The number of aryl methyl sites for hydroxylation is 1. The fourth-order valence-corrected chi connectivity index (χ4v) is 2.41. The molecule has 1 aromatic heterocycles.